The molecular formula is C10H10IN. The lowest BCUT2D eigenvalue weighted by Gasteiger charge is -2.13. The van der Waals surface area contributed by atoms with Crippen molar-refractivity contribution in [2.75, 3.05) is 0 Å². The smallest absolute Gasteiger partial charge is 0.0639 e. The first-order chi connectivity index (χ1) is 5.79. The molecule has 0 aliphatic carbocycles. The molecule has 0 fully saturated rings. The number of fused-ring (bicyclic) bond motifs is 1. The lowest BCUT2D eigenvalue weighted by atomic mass is 10.0. The Labute approximate surface area is 86.0 Å². The zero-order valence-electron chi connectivity index (χ0n) is 6.97. The van der Waals surface area contributed by atoms with Crippen LogP contribution in [0.15, 0.2) is 17.1 Å². The third-order valence-corrected chi connectivity index (χ3v) is 3.72. The number of benzene rings is 1. The molecule has 0 saturated carbocycles. The molecule has 0 saturated heterocycles. The highest BCUT2D eigenvalue weighted by Crippen LogP contribution is 2.23. The van der Waals surface area contributed by atoms with Crippen molar-refractivity contribution >= 4 is 28.8 Å². The van der Waals surface area contributed by atoms with Crippen LogP contribution in [0, 0.1) is 10.5 Å². The lowest BCUT2D eigenvalue weighted by molar-refractivity contribution is 0.994. The Kier molecular flexibility index (Phi) is 2.17. The van der Waals surface area contributed by atoms with Crippen LogP contribution >= 0.6 is 22.6 Å². The third kappa shape index (κ3) is 1.28. The van der Waals surface area contributed by atoms with Gasteiger partial charge in [-0.1, -0.05) is 12.1 Å². The van der Waals surface area contributed by atoms with Crippen molar-refractivity contribution in [1.29, 1.82) is 0 Å². The average Bonchev–Trinajstić information content (AvgIpc) is 2.12. The first-order valence-corrected chi connectivity index (χ1v) is 5.12. The van der Waals surface area contributed by atoms with Gasteiger partial charge in [0.15, 0.2) is 0 Å². The molecule has 0 bridgehead atoms. The van der Waals surface area contributed by atoms with Gasteiger partial charge in [0, 0.05) is 16.2 Å². The standard InChI is InChI=1S/C10H10IN/c1-7-2-3-8-6-12-5-4-9(8)10(7)11/h2-3,5H,4,6H2,1H3. The molecule has 2 heteroatoms. The van der Waals surface area contributed by atoms with Gasteiger partial charge in [-0.2, -0.15) is 0 Å². The summed E-state index contributed by atoms with van der Waals surface area (Å²) < 4.78 is 1.41. The van der Waals surface area contributed by atoms with Crippen LogP contribution in [0.1, 0.15) is 16.7 Å². The summed E-state index contributed by atoms with van der Waals surface area (Å²) in [5, 5.41) is 0. The molecule has 1 nitrogen and oxygen atoms in total. The van der Waals surface area contributed by atoms with Crippen molar-refractivity contribution < 1.29 is 0 Å². The molecule has 2 rings (SSSR count). The molecule has 0 unspecified atom stereocenters. The Hall–Kier alpha value is -0.380. The fraction of sp³-hybridized carbons (Fsp3) is 0.300. The fourth-order valence-electron chi connectivity index (χ4n) is 1.47. The SMILES string of the molecule is Cc1ccc2c(c1I)CC=NC2. The zero-order valence-corrected chi connectivity index (χ0v) is 9.13. The summed E-state index contributed by atoms with van der Waals surface area (Å²) in [5.41, 5.74) is 4.25. The minimum absolute atomic E-state index is 0.867. The van der Waals surface area contributed by atoms with Crippen molar-refractivity contribution in [3.8, 4) is 0 Å². The molecule has 1 aromatic rings. The largest absolute Gasteiger partial charge is 0.292 e. The molecule has 0 spiro atoms. The molecule has 1 aliphatic heterocycles. The molecular weight excluding hydrogens is 261 g/mol. The molecule has 0 atom stereocenters. The first kappa shape index (κ1) is 8.23. The number of hydrogen-bond acceptors (Lipinski definition) is 1. The van der Waals surface area contributed by atoms with Crippen molar-refractivity contribution in [2.24, 2.45) is 4.99 Å². The van der Waals surface area contributed by atoms with E-state index in [0.717, 1.165) is 13.0 Å². The van der Waals surface area contributed by atoms with Crippen molar-refractivity contribution in [2.45, 2.75) is 19.9 Å². The van der Waals surface area contributed by atoms with Gasteiger partial charge >= 0.3 is 0 Å². The van der Waals surface area contributed by atoms with Gasteiger partial charge in [-0.05, 0) is 46.2 Å². The molecule has 0 aromatic heterocycles. The van der Waals surface area contributed by atoms with Crippen molar-refractivity contribution in [3.63, 3.8) is 0 Å². The van der Waals surface area contributed by atoms with E-state index in [1.54, 1.807) is 0 Å². The van der Waals surface area contributed by atoms with E-state index in [9.17, 15) is 0 Å². The summed E-state index contributed by atoms with van der Waals surface area (Å²) in [4.78, 5) is 4.26. The Morgan fingerprint density at radius 3 is 3.08 bits per heavy atom. The van der Waals surface area contributed by atoms with Crippen LogP contribution in [0.3, 0.4) is 0 Å². The molecule has 1 aliphatic rings. The summed E-state index contributed by atoms with van der Waals surface area (Å²) in [6.45, 7) is 3.03. The van der Waals surface area contributed by atoms with Crippen LogP contribution in [-0.4, -0.2) is 6.21 Å². The van der Waals surface area contributed by atoms with E-state index in [4.69, 9.17) is 0 Å². The second kappa shape index (κ2) is 3.17. The number of hydrogen-bond donors (Lipinski definition) is 0. The summed E-state index contributed by atoms with van der Waals surface area (Å²) in [7, 11) is 0. The quantitative estimate of drug-likeness (QED) is 0.643. The summed E-state index contributed by atoms with van der Waals surface area (Å²) in [6, 6.07) is 4.38. The predicted molar refractivity (Wildman–Crippen MR) is 59.8 cm³/mol. The molecule has 0 radical (unpaired) electrons. The topological polar surface area (TPSA) is 12.4 Å². The van der Waals surface area contributed by atoms with E-state index in [-0.39, 0.29) is 0 Å². The van der Waals surface area contributed by atoms with E-state index >= 15 is 0 Å². The minimum atomic E-state index is 0.867. The third-order valence-electron chi connectivity index (χ3n) is 2.22. The van der Waals surface area contributed by atoms with E-state index < -0.39 is 0 Å². The van der Waals surface area contributed by atoms with Gasteiger partial charge in [0.25, 0.3) is 0 Å². The number of aliphatic imine (C=N–C) groups is 1. The normalized spacial score (nSPS) is 14.5. The lowest BCUT2D eigenvalue weighted by Crippen LogP contribution is -2.04. The zero-order chi connectivity index (χ0) is 8.55. The highest BCUT2D eigenvalue weighted by Gasteiger charge is 2.09. The van der Waals surface area contributed by atoms with Gasteiger partial charge in [-0.3, -0.25) is 4.99 Å². The second-order valence-corrected chi connectivity index (χ2v) is 4.14. The summed E-state index contributed by atoms with van der Waals surface area (Å²) >= 11 is 2.43. The fourth-order valence-corrected chi connectivity index (χ4v) is 2.21. The molecule has 0 N–H and O–H groups in total. The maximum absolute atomic E-state index is 4.26. The monoisotopic (exact) mass is 271 g/mol. The van der Waals surface area contributed by atoms with Crippen LogP contribution in [-0.2, 0) is 13.0 Å². The summed E-state index contributed by atoms with van der Waals surface area (Å²) in [6.07, 6.45) is 3.03. The van der Waals surface area contributed by atoms with Gasteiger partial charge in [-0.15, -0.1) is 0 Å². The van der Waals surface area contributed by atoms with Crippen LogP contribution < -0.4 is 0 Å². The highest BCUT2D eigenvalue weighted by molar-refractivity contribution is 14.1. The Balaban J connectivity index is 2.58. The maximum Gasteiger partial charge on any atom is 0.0639 e. The second-order valence-electron chi connectivity index (χ2n) is 3.06. The van der Waals surface area contributed by atoms with E-state index in [2.05, 4.69) is 46.6 Å². The van der Waals surface area contributed by atoms with Crippen LogP contribution in [0.25, 0.3) is 0 Å². The molecule has 1 heterocycles. The number of halogens is 1. The number of rotatable bonds is 0. The number of aryl methyl sites for hydroxylation is 1. The first-order valence-electron chi connectivity index (χ1n) is 4.04. The van der Waals surface area contributed by atoms with Gasteiger partial charge in [0.2, 0.25) is 0 Å². The number of nitrogens with zero attached hydrogens (tertiary/aromatic N) is 1. The molecule has 0 amide bonds. The van der Waals surface area contributed by atoms with Crippen LogP contribution in [0.4, 0.5) is 0 Å². The van der Waals surface area contributed by atoms with Gasteiger partial charge in [0.05, 0.1) is 6.54 Å². The van der Waals surface area contributed by atoms with E-state index in [1.165, 1.54) is 20.3 Å². The van der Waals surface area contributed by atoms with E-state index in [1.807, 2.05) is 6.21 Å². The van der Waals surface area contributed by atoms with Crippen LogP contribution in [0.2, 0.25) is 0 Å². The maximum atomic E-state index is 4.26. The van der Waals surface area contributed by atoms with Crippen molar-refractivity contribution in [1.82, 2.24) is 0 Å². The Bertz CT molecular complexity index is 342. The molecule has 12 heavy (non-hydrogen) atoms. The average molecular weight is 271 g/mol. The Morgan fingerprint density at radius 2 is 2.25 bits per heavy atom. The predicted octanol–water partition coefficient (Wildman–Crippen LogP) is 2.73. The van der Waals surface area contributed by atoms with Gasteiger partial charge < -0.3 is 0 Å². The molecule has 1 aromatic carbocycles. The highest BCUT2D eigenvalue weighted by atomic mass is 127. The molecule has 62 valence electrons. The van der Waals surface area contributed by atoms with Crippen molar-refractivity contribution in [3.05, 3.63) is 32.4 Å². The minimum Gasteiger partial charge on any atom is -0.292 e. The Morgan fingerprint density at radius 1 is 1.42 bits per heavy atom. The van der Waals surface area contributed by atoms with Gasteiger partial charge in [-0.25, -0.2) is 0 Å². The summed E-state index contributed by atoms with van der Waals surface area (Å²) in [5.74, 6) is 0. The van der Waals surface area contributed by atoms with E-state index in [0.29, 0.717) is 0 Å². The van der Waals surface area contributed by atoms with Gasteiger partial charge in [0.1, 0.15) is 0 Å². The van der Waals surface area contributed by atoms with Crippen LogP contribution in [0.5, 0.6) is 0 Å².